The van der Waals surface area contributed by atoms with Crippen LogP contribution in [0.1, 0.15) is 5.56 Å². The molecular formula is C12H19NO3. The maximum atomic E-state index is 9.06. The first-order valence-corrected chi connectivity index (χ1v) is 5.41. The third-order valence-electron chi connectivity index (χ3n) is 2.13. The molecule has 0 aliphatic heterocycles. The van der Waals surface area contributed by atoms with Gasteiger partial charge in [0.15, 0.2) is 0 Å². The Morgan fingerprint density at radius 1 is 1.44 bits per heavy atom. The van der Waals surface area contributed by atoms with Crippen LogP contribution in [0.15, 0.2) is 24.3 Å². The van der Waals surface area contributed by atoms with E-state index in [1.165, 1.54) is 5.56 Å². The quantitative estimate of drug-likeness (QED) is 0.585. The standard InChI is InChI=1S/C12H19NO3/c1-10-3-2-4-12(7-10)16-6-5-13-8-11(15)9-14/h2-4,7,11,13-15H,5-6,8-9H2,1H3. The Morgan fingerprint density at radius 3 is 2.94 bits per heavy atom. The van der Waals surface area contributed by atoms with Crippen molar-refractivity contribution in [2.45, 2.75) is 13.0 Å². The highest BCUT2D eigenvalue weighted by molar-refractivity contribution is 5.27. The first kappa shape index (κ1) is 13.0. The molecule has 90 valence electrons. The minimum atomic E-state index is -0.695. The molecule has 3 N–H and O–H groups in total. The van der Waals surface area contributed by atoms with Gasteiger partial charge in [-0.15, -0.1) is 0 Å². The van der Waals surface area contributed by atoms with E-state index in [-0.39, 0.29) is 6.61 Å². The molecular weight excluding hydrogens is 206 g/mol. The minimum Gasteiger partial charge on any atom is -0.492 e. The second-order valence-corrected chi connectivity index (χ2v) is 3.71. The van der Waals surface area contributed by atoms with Crippen LogP contribution >= 0.6 is 0 Å². The van der Waals surface area contributed by atoms with Crippen molar-refractivity contribution in [2.75, 3.05) is 26.3 Å². The summed E-state index contributed by atoms with van der Waals surface area (Å²) in [4.78, 5) is 0. The van der Waals surface area contributed by atoms with E-state index in [1.807, 2.05) is 31.2 Å². The predicted molar refractivity (Wildman–Crippen MR) is 62.6 cm³/mol. The number of aliphatic hydroxyl groups is 2. The summed E-state index contributed by atoms with van der Waals surface area (Å²) in [5, 5.41) is 20.6. The Bertz CT molecular complexity index is 304. The number of benzene rings is 1. The Labute approximate surface area is 95.9 Å². The second-order valence-electron chi connectivity index (χ2n) is 3.71. The van der Waals surface area contributed by atoms with Crippen molar-refractivity contribution < 1.29 is 14.9 Å². The number of ether oxygens (including phenoxy) is 1. The molecule has 0 radical (unpaired) electrons. The van der Waals surface area contributed by atoms with Crippen LogP contribution in [0.3, 0.4) is 0 Å². The Morgan fingerprint density at radius 2 is 2.25 bits per heavy atom. The lowest BCUT2D eigenvalue weighted by atomic mass is 10.2. The summed E-state index contributed by atoms with van der Waals surface area (Å²) in [6.07, 6.45) is -0.695. The zero-order valence-electron chi connectivity index (χ0n) is 9.52. The maximum Gasteiger partial charge on any atom is 0.119 e. The fourth-order valence-corrected chi connectivity index (χ4v) is 1.28. The summed E-state index contributed by atoms with van der Waals surface area (Å²) in [6.45, 7) is 3.37. The lowest BCUT2D eigenvalue weighted by Gasteiger charge is -2.10. The summed E-state index contributed by atoms with van der Waals surface area (Å²) in [5.74, 6) is 0.851. The van der Waals surface area contributed by atoms with Crippen LogP contribution in [0.25, 0.3) is 0 Å². The van der Waals surface area contributed by atoms with Crippen LogP contribution in [0, 0.1) is 6.92 Å². The average Bonchev–Trinajstić information content (AvgIpc) is 2.28. The molecule has 0 heterocycles. The van der Waals surface area contributed by atoms with Crippen LogP contribution in [0.5, 0.6) is 5.75 Å². The molecule has 1 rings (SSSR count). The van der Waals surface area contributed by atoms with Gasteiger partial charge in [0.25, 0.3) is 0 Å². The summed E-state index contributed by atoms with van der Waals surface area (Å²) in [6, 6.07) is 7.86. The van der Waals surface area contributed by atoms with E-state index in [9.17, 15) is 0 Å². The zero-order chi connectivity index (χ0) is 11.8. The van der Waals surface area contributed by atoms with E-state index in [4.69, 9.17) is 14.9 Å². The van der Waals surface area contributed by atoms with Crippen LogP contribution < -0.4 is 10.1 Å². The Hall–Kier alpha value is -1.10. The lowest BCUT2D eigenvalue weighted by Crippen LogP contribution is -2.32. The molecule has 4 nitrogen and oxygen atoms in total. The molecule has 0 saturated carbocycles. The number of hydrogen-bond donors (Lipinski definition) is 3. The highest BCUT2D eigenvalue weighted by Crippen LogP contribution is 2.11. The van der Waals surface area contributed by atoms with Crippen molar-refractivity contribution in [2.24, 2.45) is 0 Å². The molecule has 16 heavy (non-hydrogen) atoms. The van der Waals surface area contributed by atoms with Crippen LogP contribution in [0.4, 0.5) is 0 Å². The van der Waals surface area contributed by atoms with E-state index in [0.717, 1.165) is 5.75 Å². The van der Waals surface area contributed by atoms with Gasteiger partial charge < -0.3 is 20.3 Å². The van der Waals surface area contributed by atoms with Crippen LogP contribution in [-0.2, 0) is 0 Å². The Balaban J connectivity index is 2.12. The molecule has 1 atom stereocenters. The second kappa shape index (κ2) is 7.22. The van der Waals surface area contributed by atoms with Crippen LogP contribution in [-0.4, -0.2) is 42.6 Å². The van der Waals surface area contributed by atoms with E-state index in [1.54, 1.807) is 0 Å². The van der Waals surface area contributed by atoms with Gasteiger partial charge in [0.1, 0.15) is 12.4 Å². The van der Waals surface area contributed by atoms with Crippen molar-refractivity contribution in [1.29, 1.82) is 0 Å². The first-order valence-electron chi connectivity index (χ1n) is 5.41. The fourth-order valence-electron chi connectivity index (χ4n) is 1.28. The topological polar surface area (TPSA) is 61.7 Å². The third-order valence-corrected chi connectivity index (χ3v) is 2.13. The average molecular weight is 225 g/mol. The summed E-state index contributed by atoms with van der Waals surface area (Å²) in [7, 11) is 0. The molecule has 1 aromatic rings. The van der Waals surface area contributed by atoms with Gasteiger partial charge in [0.05, 0.1) is 12.7 Å². The van der Waals surface area contributed by atoms with Crippen molar-refractivity contribution in [3.05, 3.63) is 29.8 Å². The maximum absolute atomic E-state index is 9.06. The highest BCUT2D eigenvalue weighted by atomic mass is 16.5. The van der Waals surface area contributed by atoms with E-state index >= 15 is 0 Å². The molecule has 0 amide bonds. The van der Waals surface area contributed by atoms with Crippen molar-refractivity contribution >= 4 is 0 Å². The SMILES string of the molecule is Cc1cccc(OCCNCC(O)CO)c1. The molecule has 0 bridgehead atoms. The van der Waals surface area contributed by atoms with Crippen molar-refractivity contribution in [3.63, 3.8) is 0 Å². The minimum absolute atomic E-state index is 0.217. The number of hydrogen-bond acceptors (Lipinski definition) is 4. The number of aliphatic hydroxyl groups excluding tert-OH is 2. The molecule has 4 heteroatoms. The normalized spacial score (nSPS) is 12.4. The van der Waals surface area contributed by atoms with Crippen LogP contribution in [0.2, 0.25) is 0 Å². The fraction of sp³-hybridized carbons (Fsp3) is 0.500. The molecule has 1 aromatic carbocycles. The molecule has 0 spiro atoms. The Kier molecular flexibility index (Phi) is 5.85. The zero-order valence-corrected chi connectivity index (χ0v) is 9.52. The molecule has 0 saturated heterocycles. The van der Waals surface area contributed by atoms with E-state index in [0.29, 0.717) is 19.7 Å². The molecule has 0 fully saturated rings. The van der Waals surface area contributed by atoms with E-state index in [2.05, 4.69) is 5.32 Å². The smallest absolute Gasteiger partial charge is 0.119 e. The molecule has 0 aromatic heterocycles. The monoisotopic (exact) mass is 225 g/mol. The first-order chi connectivity index (χ1) is 7.72. The van der Waals surface area contributed by atoms with Gasteiger partial charge in [-0.1, -0.05) is 12.1 Å². The van der Waals surface area contributed by atoms with Crippen molar-refractivity contribution in [1.82, 2.24) is 5.32 Å². The van der Waals surface area contributed by atoms with Gasteiger partial charge in [0.2, 0.25) is 0 Å². The predicted octanol–water partition coefficient (Wildman–Crippen LogP) is 0.317. The number of nitrogens with one attached hydrogen (secondary N) is 1. The molecule has 0 aliphatic rings. The molecule has 0 aliphatic carbocycles. The highest BCUT2D eigenvalue weighted by Gasteiger charge is 1.99. The van der Waals surface area contributed by atoms with Gasteiger partial charge in [-0.05, 0) is 24.6 Å². The van der Waals surface area contributed by atoms with Gasteiger partial charge in [-0.25, -0.2) is 0 Å². The van der Waals surface area contributed by atoms with Gasteiger partial charge in [-0.2, -0.15) is 0 Å². The van der Waals surface area contributed by atoms with Gasteiger partial charge in [0, 0.05) is 13.1 Å². The number of rotatable bonds is 7. The number of aryl methyl sites for hydroxylation is 1. The van der Waals surface area contributed by atoms with Crippen molar-refractivity contribution in [3.8, 4) is 5.75 Å². The van der Waals surface area contributed by atoms with Gasteiger partial charge >= 0.3 is 0 Å². The summed E-state index contributed by atoms with van der Waals surface area (Å²) in [5.41, 5.74) is 1.17. The van der Waals surface area contributed by atoms with Gasteiger partial charge in [-0.3, -0.25) is 0 Å². The third kappa shape index (κ3) is 5.11. The lowest BCUT2D eigenvalue weighted by molar-refractivity contribution is 0.0936. The summed E-state index contributed by atoms with van der Waals surface area (Å²) < 4.78 is 5.50. The largest absolute Gasteiger partial charge is 0.492 e. The summed E-state index contributed by atoms with van der Waals surface area (Å²) >= 11 is 0. The molecule has 1 unspecified atom stereocenters. The van der Waals surface area contributed by atoms with E-state index < -0.39 is 6.10 Å².